The van der Waals surface area contributed by atoms with Crippen molar-refractivity contribution in [1.82, 2.24) is 10.2 Å². The molecule has 1 aromatic heterocycles. The number of hydrogen-bond donors (Lipinski definition) is 1. The SMILES string of the molecule is Cc1c(Cl)nnc(Nc2c(F)cccc2Br)c1C. The second-order valence-electron chi connectivity index (χ2n) is 3.81. The standard InChI is InChI=1S/C12H10BrClFN3/c1-6-7(2)12(18-17-11(6)14)16-10-8(13)4-3-5-9(10)15/h3-5H,1-2H3,(H,16,18). The Balaban J connectivity index is 2.44. The van der Waals surface area contributed by atoms with E-state index in [1.165, 1.54) is 6.07 Å². The highest BCUT2D eigenvalue weighted by Crippen LogP contribution is 2.30. The number of halogens is 3. The molecule has 0 spiro atoms. The number of rotatable bonds is 2. The van der Waals surface area contributed by atoms with Gasteiger partial charge in [-0.1, -0.05) is 17.7 Å². The number of hydrogen-bond acceptors (Lipinski definition) is 3. The molecule has 0 fully saturated rings. The molecule has 1 aromatic carbocycles. The first-order valence-corrected chi connectivity index (χ1v) is 6.38. The molecule has 0 bridgehead atoms. The van der Waals surface area contributed by atoms with E-state index in [0.717, 1.165) is 11.1 Å². The lowest BCUT2D eigenvalue weighted by Crippen LogP contribution is -2.03. The smallest absolute Gasteiger partial charge is 0.156 e. The van der Waals surface area contributed by atoms with E-state index in [-0.39, 0.29) is 5.82 Å². The van der Waals surface area contributed by atoms with Crippen molar-refractivity contribution in [2.45, 2.75) is 13.8 Å². The molecule has 0 aliphatic carbocycles. The minimum atomic E-state index is -0.363. The van der Waals surface area contributed by atoms with Crippen molar-refractivity contribution in [3.05, 3.63) is 44.8 Å². The summed E-state index contributed by atoms with van der Waals surface area (Å²) < 4.78 is 14.3. The zero-order chi connectivity index (χ0) is 13.3. The highest BCUT2D eigenvalue weighted by molar-refractivity contribution is 9.10. The van der Waals surface area contributed by atoms with Crippen LogP contribution in [0.15, 0.2) is 22.7 Å². The van der Waals surface area contributed by atoms with Crippen LogP contribution in [0.4, 0.5) is 15.9 Å². The fourth-order valence-corrected chi connectivity index (χ4v) is 2.05. The molecule has 1 heterocycles. The van der Waals surface area contributed by atoms with E-state index in [0.29, 0.717) is 21.1 Å². The van der Waals surface area contributed by atoms with E-state index in [2.05, 4.69) is 31.4 Å². The number of benzene rings is 1. The van der Waals surface area contributed by atoms with Gasteiger partial charge in [0.2, 0.25) is 0 Å². The van der Waals surface area contributed by atoms with E-state index in [1.807, 2.05) is 13.8 Å². The Hall–Kier alpha value is -1.20. The largest absolute Gasteiger partial charge is 0.335 e. The first-order valence-electron chi connectivity index (χ1n) is 5.21. The zero-order valence-corrected chi connectivity index (χ0v) is 12.1. The monoisotopic (exact) mass is 329 g/mol. The topological polar surface area (TPSA) is 37.8 Å². The molecule has 94 valence electrons. The van der Waals surface area contributed by atoms with Crippen LogP contribution in [0.5, 0.6) is 0 Å². The number of anilines is 2. The maximum absolute atomic E-state index is 13.7. The van der Waals surface area contributed by atoms with Crippen LogP contribution in [-0.4, -0.2) is 10.2 Å². The summed E-state index contributed by atoms with van der Waals surface area (Å²) >= 11 is 9.15. The lowest BCUT2D eigenvalue weighted by molar-refractivity contribution is 0.631. The average molecular weight is 331 g/mol. The van der Waals surface area contributed by atoms with Crippen LogP contribution in [-0.2, 0) is 0 Å². The number of nitrogens with one attached hydrogen (secondary N) is 1. The number of nitrogens with zero attached hydrogens (tertiary/aromatic N) is 2. The summed E-state index contributed by atoms with van der Waals surface area (Å²) in [6.45, 7) is 3.70. The molecule has 2 aromatic rings. The van der Waals surface area contributed by atoms with Crippen LogP contribution in [0.2, 0.25) is 5.15 Å². The summed E-state index contributed by atoms with van der Waals surface area (Å²) in [5.41, 5.74) is 1.99. The molecule has 0 saturated heterocycles. The molecule has 0 atom stereocenters. The zero-order valence-electron chi connectivity index (χ0n) is 9.76. The second-order valence-corrected chi connectivity index (χ2v) is 5.02. The van der Waals surface area contributed by atoms with Gasteiger partial charge in [-0.25, -0.2) is 4.39 Å². The van der Waals surface area contributed by atoms with Gasteiger partial charge in [-0.15, -0.1) is 10.2 Å². The van der Waals surface area contributed by atoms with Gasteiger partial charge in [0.05, 0.1) is 5.69 Å². The highest BCUT2D eigenvalue weighted by Gasteiger charge is 2.12. The molecular formula is C12H10BrClFN3. The Morgan fingerprint density at radius 1 is 1.22 bits per heavy atom. The van der Waals surface area contributed by atoms with Crippen molar-refractivity contribution in [1.29, 1.82) is 0 Å². The Labute approximate surface area is 118 Å². The van der Waals surface area contributed by atoms with Crippen LogP contribution in [0, 0.1) is 19.7 Å². The fourth-order valence-electron chi connectivity index (χ4n) is 1.43. The first-order chi connectivity index (χ1) is 8.50. The molecule has 0 unspecified atom stereocenters. The second kappa shape index (κ2) is 5.20. The van der Waals surface area contributed by atoms with Crippen molar-refractivity contribution >= 4 is 39.0 Å². The summed E-state index contributed by atoms with van der Waals surface area (Å²) in [5, 5.41) is 11.0. The Morgan fingerprint density at radius 3 is 2.61 bits per heavy atom. The minimum Gasteiger partial charge on any atom is -0.335 e. The van der Waals surface area contributed by atoms with Crippen LogP contribution in [0.25, 0.3) is 0 Å². The van der Waals surface area contributed by atoms with E-state index in [1.54, 1.807) is 12.1 Å². The molecule has 0 amide bonds. The van der Waals surface area contributed by atoms with Gasteiger partial charge in [0, 0.05) is 4.47 Å². The molecular weight excluding hydrogens is 321 g/mol. The van der Waals surface area contributed by atoms with Crippen LogP contribution in [0.3, 0.4) is 0 Å². The summed E-state index contributed by atoms with van der Waals surface area (Å²) in [6.07, 6.45) is 0. The summed E-state index contributed by atoms with van der Waals surface area (Å²) in [7, 11) is 0. The predicted molar refractivity (Wildman–Crippen MR) is 73.9 cm³/mol. The number of para-hydroxylation sites is 1. The lowest BCUT2D eigenvalue weighted by Gasteiger charge is -2.12. The maximum Gasteiger partial charge on any atom is 0.156 e. The minimum absolute atomic E-state index is 0.330. The van der Waals surface area contributed by atoms with E-state index >= 15 is 0 Å². The van der Waals surface area contributed by atoms with Crippen molar-refractivity contribution in [2.24, 2.45) is 0 Å². The quantitative estimate of drug-likeness (QED) is 0.887. The maximum atomic E-state index is 13.7. The van der Waals surface area contributed by atoms with Crippen molar-refractivity contribution < 1.29 is 4.39 Å². The van der Waals surface area contributed by atoms with Gasteiger partial charge in [0.25, 0.3) is 0 Å². The van der Waals surface area contributed by atoms with Crippen molar-refractivity contribution in [2.75, 3.05) is 5.32 Å². The number of aromatic nitrogens is 2. The molecule has 0 radical (unpaired) electrons. The van der Waals surface area contributed by atoms with E-state index in [4.69, 9.17) is 11.6 Å². The van der Waals surface area contributed by atoms with Gasteiger partial charge in [-0.3, -0.25) is 0 Å². The molecule has 1 N–H and O–H groups in total. The van der Waals surface area contributed by atoms with Gasteiger partial charge < -0.3 is 5.32 Å². The molecule has 2 rings (SSSR count). The average Bonchev–Trinajstić information content (AvgIpc) is 2.34. The third kappa shape index (κ3) is 2.47. The van der Waals surface area contributed by atoms with Crippen molar-refractivity contribution in [3.63, 3.8) is 0 Å². The van der Waals surface area contributed by atoms with Gasteiger partial charge in [-0.2, -0.15) is 0 Å². The van der Waals surface area contributed by atoms with Gasteiger partial charge in [-0.05, 0) is 53.0 Å². The molecule has 0 aliphatic heterocycles. The fraction of sp³-hybridized carbons (Fsp3) is 0.167. The Morgan fingerprint density at radius 2 is 1.94 bits per heavy atom. The third-order valence-corrected chi connectivity index (χ3v) is 3.69. The molecule has 3 nitrogen and oxygen atoms in total. The lowest BCUT2D eigenvalue weighted by atomic mass is 10.2. The Bertz CT molecular complexity index is 584. The molecule has 0 saturated carbocycles. The van der Waals surface area contributed by atoms with Gasteiger partial charge >= 0.3 is 0 Å². The van der Waals surface area contributed by atoms with Crippen molar-refractivity contribution in [3.8, 4) is 0 Å². The van der Waals surface area contributed by atoms with Crippen LogP contribution < -0.4 is 5.32 Å². The molecule has 0 aliphatic rings. The van der Waals surface area contributed by atoms with E-state index in [9.17, 15) is 4.39 Å². The predicted octanol–water partition coefficient (Wildman–Crippen LogP) is 4.39. The van der Waals surface area contributed by atoms with Crippen LogP contribution >= 0.6 is 27.5 Å². The molecule has 18 heavy (non-hydrogen) atoms. The highest BCUT2D eigenvalue weighted by atomic mass is 79.9. The Kier molecular flexibility index (Phi) is 3.82. The van der Waals surface area contributed by atoms with Crippen LogP contribution in [0.1, 0.15) is 11.1 Å². The summed E-state index contributed by atoms with van der Waals surface area (Å²) in [4.78, 5) is 0. The molecule has 6 heteroatoms. The van der Waals surface area contributed by atoms with Gasteiger partial charge in [0.15, 0.2) is 11.0 Å². The van der Waals surface area contributed by atoms with Gasteiger partial charge in [0.1, 0.15) is 5.82 Å². The summed E-state index contributed by atoms with van der Waals surface area (Å²) in [5.74, 6) is 0.126. The van der Waals surface area contributed by atoms with E-state index < -0.39 is 0 Å². The normalized spacial score (nSPS) is 10.5. The first kappa shape index (κ1) is 13.2. The summed E-state index contributed by atoms with van der Waals surface area (Å²) in [6, 6.07) is 4.74. The third-order valence-electron chi connectivity index (χ3n) is 2.67.